The molecule has 0 unspecified atom stereocenters. The van der Waals surface area contributed by atoms with Crippen molar-refractivity contribution >= 4 is 21.5 Å². The highest BCUT2D eigenvalue weighted by atomic mass is 16.1. The highest BCUT2D eigenvalue weighted by Gasteiger charge is 2.07. The van der Waals surface area contributed by atoms with Crippen LogP contribution >= 0.6 is 0 Å². The van der Waals surface area contributed by atoms with E-state index in [9.17, 15) is 4.79 Å². The zero-order valence-electron chi connectivity index (χ0n) is 11.3. The molecule has 0 bridgehead atoms. The molecule has 1 heterocycles. The van der Waals surface area contributed by atoms with Gasteiger partial charge in [0.25, 0.3) is 5.56 Å². The van der Waals surface area contributed by atoms with E-state index >= 15 is 0 Å². The number of fused-ring (bicyclic) bond motifs is 2. The molecule has 2 heteroatoms. The van der Waals surface area contributed by atoms with E-state index in [1.807, 2.05) is 36.4 Å². The van der Waals surface area contributed by atoms with Crippen LogP contribution in [0.15, 0.2) is 77.7 Å². The minimum absolute atomic E-state index is 0.0573. The Kier molecular flexibility index (Phi) is 2.61. The summed E-state index contributed by atoms with van der Waals surface area (Å²) in [4.78, 5) is 14.8. The molecule has 0 saturated carbocycles. The van der Waals surface area contributed by atoms with Crippen LogP contribution in [-0.2, 0) is 0 Å². The van der Waals surface area contributed by atoms with Gasteiger partial charge in [-0.1, -0.05) is 42.5 Å². The van der Waals surface area contributed by atoms with Crippen molar-refractivity contribution in [3.05, 3.63) is 83.3 Å². The fourth-order valence-electron chi connectivity index (χ4n) is 2.84. The first kappa shape index (κ1) is 11.9. The van der Waals surface area contributed by atoms with Gasteiger partial charge in [-0.3, -0.25) is 4.79 Å². The van der Waals surface area contributed by atoms with Crippen LogP contribution in [-0.4, -0.2) is 4.98 Å². The van der Waals surface area contributed by atoms with E-state index in [1.165, 1.54) is 10.8 Å². The average molecular weight is 271 g/mol. The molecule has 4 aromatic rings. The predicted molar refractivity (Wildman–Crippen MR) is 87.5 cm³/mol. The standard InChI is InChI=1S/C19H13NO/c21-19-17(9-4-10-20-19)16-8-3-7-15-11-13-5-1-2-6-14(13)12-18(15)16/h1-12H,(H,20,21). The van der Waals surface area contributed by atoms with Gasteiger partial charge in [-0.15, -0.1) is 0 Å². The molecule has 100 valence electrons. The van der Waals surface area contributed by atoms with Crippen molar-refractivity contribution in [3.8, 4) is 11.1 Å². The number of pyridine rings is 1. The van der Waals surface area contributed by atoms with Gasteiger partial charge in [-0.2, -0.15) is 0 Å². The van der Waals surface area contributed by atoms with E-state index in [1.54, 1.807) is 6.20 Å². The van der Waals surface area contributed by atoms with Crippen LogP contribution in [0.25, 0.3) is 32.7 Å². The van der Waals surface area contributed by atoms with Crippen molar-refractivity contribution in [2.75, 3.05) is 0 Å². The molecule has 2 nitrogen and oxygen atoms in total. The van der Waals surface area contributed by atoms with Crippen LogP contribution < -0.4 is 5.56 Å². The molecule has 0 saturated heterocycles. The molecular weight excluding hydrogens is 258 g/mol. The Morgan fingerprint density at radius 1 is 0.667 bits per heavy atom. The SMILES string of the molecule is O=c1[nH]cccc1-c1cccc2cc3ccccc3cc12. The van der Waals surface area contributed by atoms with Crippen molar-refractivity contribution in [1.82, 2.24) is 4.98 Å². The minimum Gasteiger partial charge on any atom is -0.329 e. The Hall–Kier alpha value is -2.87. The van der Waals surface area contributed by atoms with Gasteiger partial charge in [0, 0.05) is 11.8 Å². The Morgan fingerprint density at radius 2 is 1.38 bits per heavy atom. The van der Waals surface area contributed by atoms with Crippen molar-refractivity contribution < 1.29 is 0 Å². The van der Waals surface area contributed by atoms with Crippen LogP contribution in [0, 0.1) is 0 Å². The third-order valence-corrected chi connectivity index (χ3v) is 3.86. The first-order valence-corrected chi connectivity index (χ1v) is 6.92. The topological polar surface area (TPSA) is 32.9 Å². The zero-order valence-corrected chi connectivity index (χ0v) is 11.3. The lowest BCUT2D eigenvalue weighted by atomic mass is 9.96. The maximum Gasteiger partial charge on any atom is 0.255 e. The van der Waals surface area contributed by atoms with Crippen molar-refractivity contribution in [3.63, 3.8) is 0 Å². The Labute approximate surface area is 121 Å². The van der Waals surface area contributed by atoms with Crippen LogP contribution in [0.5, 0.6) is 0 Å². The zero-order chi connectivity index (χ0) is 14.2. The smallest absolute Gasteiger partial charge is 0.255 e. The second-order valence-corrected chi connectivity index (χ2v) is 5.14. The van der Waals surface area contributed by atoms with E-state index in [2.05, 4.69) is 35.3 Å². The molecule has 0 atom stereocenters. The molecule has 0 radical (unpaired) electrons. The first-order valence-electron chi connectivity index (χ1n) is 6.92. The number of rotatable bonds is 1. The summed E-state index contributed by atoms with van der Waals surface area (Å²) in [6, 6.07) is 22.4. The van der Waals surface area contributed by atoms with Crippen LogP contribution in [0.4, 0.5) is 0 Å². The summed E-state index contributed by atoms with van der Waals surface area (Å²) < 4.78 is 0. The quantitative estimate of drug-likeness (QED) is 0.513. The number of aromatic amines is 1. The van der Waals surface area contributed by atoms with E-state index in [4.69, 9.17) is 0 Å². The molecule has 0 aliphatic carbocycles. The van der Waals surface area contributed by atoms with Crippen LogP contribution in [0.2, 0.25) is 0 Å². The predicted octanol–water partition coefficient (Wildman–Crippen LogP) is 4.35. The molecule has 1 N–H and O–H groups in total. The molecule has 3 aromatic carbocycles. The summed E-state index contributed by atoms with van der Waals surface area (Å²) in [5.74, 6) is 0. The Bertz CT molecular complexity index is 1010. The number of hydrogen-bond acceptors (Lipinski definition) is 1. The highest BCUT2D eigenvalue weighted by Crippen LogP contribution is 2.30. The number of aromatic nitrogens is 1. The number of hydrogen-bond donors (Lipinski definition) is 1. The maximum atomic E-state index is 12.1. The van der Waals surface area contributed by atoms with Gasteiger partial charge >= 0.3 is 0 Å². The van der Waals surface area contributed by atoms with E-state index in [0.717, 1.165) is 16.3 Å². The fourth-order valence-corrected chi connectivity index (χ4v) is 2.84. The van der Waals surface area contributed by atoms with Crippen molar-refractivity contribution in [1.29, 1.82) is 0 Å². The Morgan fingerprint density at radius 3 is 2.19 bits per heavy atom. The summed E-state index contributed by atoms with van der Waals surface area (Å²) in [6.07, 6.45) is 1.66. The summed E-state index contributed by atoms with van der Waals surface area (Å²) in [6.45, 7) is 0. The highest BCUT2D eigenvalue weighted by molar-refractivity contribution is 6.04. The van der Waals surface area contributed by atoms with E-state index < -0.39 is 0 Å². The molecule has 21 heavy (non-hydrogen) atoms. The summed E-state index contributed by atoms with van der Waals surface area (Å²) in [5, 5.41) is 4.65. The summed E-state index contributed by atoms with van der Waals surface area (Å²) >= 11 is 0. The van der Waals surface area contributed by atoms with Gasteiger partial charge in [0.15, 0.2) is 0 Å². The molecule has 0 amide bonds. The monoisotopic (exact) mass is 271 g/mol. The molecule has 0 spiro atoms. The average Bonchev–Trinajstić information content (AvgIpc) is 2.53. The third-order valence-electron chi connectivity index (χ3n) is 3.86. The molecule has 0 fully saturated rings. The molecule has 0 aliphatic rings. The minimum atomic E-state index is -0.0573. The van der Waals surface area contributed by atoms with Crippen molar-refractivity contribution in [2.45, 2.75) is 0 Å². The van der Waals surface area contributed by atoms with Crippen molar-refractivity contribution in [2.24, 2.45) is 0 Å². The number of nitrogens with one attached hydrogen (secondary N) is 1. The maximum absolute atomic E-state index is 12.1. The normalized spacial score (nSPS) is 11.0. The van der Waals surface area contributed by atoms with Crippen LogP contribution in [0.1, 0.15) is 0 Å². The number of benzene rings is 3. The van der Waals surface area contributed by atoms with Gasteiger partial charge in [-0.05, 0) is 51.4 Å². The van der Waals surface area contributed by atoms with E-state index in [0.29, 0.717) is 5.56 Å². The lowest BCUT2D eigenvalue weighted by Gasteiger charge is -2.08. The van der Waals surface area contributed by atoms with Gasteiger partial charge in [-0.25, -0.2) is 0 Å². The molecular formula is C19H13NO. The van der Waals surface area contributed by atoms with Crippen LogP contribution in [0.3, 0.4) is 0 Å². The lowest BCUT2D eigenvalue weighted by Crippen LogP contribution is -2.07. The van der Waals surface area contributed by atoms with E-state index in [-0.39, 0.29) is 5.56 Å². The molecule has 0 aliphatic heterocycles. The second kappa shape index (κ2) is 4.60. The van der Waals surface area contributed by atoms with Gasteiger partial charge in [0.2, 0.25) is 0 Å². The molecule has 4 rings (SSSR count). The number of H-pyrrole nitrogens is 1. The summed E-state index contributed by atoms with van der Waals surface area (Å²) in [5.41, 5.74) is 1.62. The largest absolute Gasteiger partial charge is 0.329 e. The van der Waals surface area contributed by atoms with Gasteiger partial charge in [0.05, 0.1) is 0 Å². The van der Waals surface area contributed by atoms with Gasteiger partial charge < -0.3 is 4.98 Å². The van der Waals surface area contributed by atoms with Gasteiger partial charge in [0.1, 0.15) is 0 Å². The Balaban J connectivity index is 2.13. The summed E-state index contributed by atoms with van der Waals surface area (Å²) in [7, 11) is 0. The second-order valence-electron chi connectivity index (χ2n) is 5.14. The fraction of sp³-hybridized carbons (Fsp3) is 0. The molecule has 1 aromatic heterocycles. The first-order chi connectivity index (χ1) is 10.3. The third kappa shape index (κ3) is 1.93. The lowest BCUT2D eigenvalue weighted by molar-refractivity contribution is 1.24.